The van der Waals surface area contributed by atoms with Gasteiger partial charge in [0, 0.05) is 29.2 Å². The van der Waals surface area contributed by atoms with Crippen molar-refractivity contribution in [3.8, 4) is 5.75 Å². The molecular formula is C33H31N5O4S. The number of aromatic amines is 1. The second-order valence-corrected chi connectivity index (χ2v) is 11.5. The van der Waals surface area contributed by atoms with Gasteiger partial charge in [-0.2, -0.15) is 5.10 Å². The Morgan fingerprint density at radius 1 is 0.953 bits per heavy atom. The number of fused-ring (bicyclic) bond motifs is 2. The second-order valence-electron chi connectivity index (χ2n) is 10.6. The number of ether oxygens (including phenoxy) is 1. The normalized spacial score (nSPS) is 15.1. The lowest BCUT2D eigenvalue weighted by atomic mass is 9.98. The number of anilines is 4. The Bertz CT molecular complexity index is 1780. The summed E-state index contributed by atoms with van der Waals surface area (Å²) in [6.07, 6.45) is 0.102. The number of para-hydroxylation sites is 3. The number of amides is 3. The van der Waals surface area contributed by atoms with Gasteiger partial charge < -0.3 is 14.5 Å². The molecule has 0 saturated heterocycles. The molecule has 1 unspecified atom stereocenters. The number of H-pyrrole nitrogens is 1. The van der Waals surface area contributed by atoms with Gasteiger partial charge in [0.2, 0.25) is 17.7 Å². The summed E-state index contributed by atoms with van der Waals surface area (Å²) in [6.45, 7) is 3.61. The number of carbonyl (C=O) groups excluding carboxylic acids is 3. The standard InChI is InChI=1S/C33H31N5O4S/c1-21(2)37(22-14-16-23(42-3)17-15-22)30(39)20-36-28-11-6-7-12-29(28)38(31-13-8-18-43-31)33(41)25(32(36)40)19-27-24-9-4-5-10-26(24)34-35-27/h4-18,21,25H,19-20H2,1-3H3,(H,34,35). The van der Waals surface area contributed by atoms with Crippen LogP contribution in [0.1, 0.15) is 19.5 Å². The van der Waals surface area contributed by atoms with Crippen LogP contribution in [0.5, 0.6) is 5.75 Å². The number of aromatic nitrogens is 2. The molecule has 2 aromatic heterocycles. The Labute approximate surface area is 253 Å². The Morgan fingerprint density at radius 3 is 2.37 bits per heavy atom. The van der Waals surface area contributed by atoms with Crippen molar-refractivity contribution < 1.29 is 19.1 Å². The van der Waals surface area contributed by atoms with E-state index in [1.807, 2.05) is 86.0 Å². The fraction of sp³-hybridized carbons (Fsp3) is 0.212. The predicted molar refractivity (Wildman–Crippen MR) is 169 cm³/mol. The number of thiophene rings is 1. The van der Waals surface area contributed by atoms with Gasteiger partial charge in [0.05, 0.1) is 24.0 Å². The molecule has 0 aliphatic carbocycles. The molecule has 218 valence electrons. The van der Waals surface area contributed by atoms with Crippen molar-refractivity contribution in [1.82, 2.24) is 10.2 Å². The third kappa shape index (κ3) is 5.25. The molecule has 0 saturated carbocycles. The fourth-order valence-corrected chi connectivity index (χ4v) is 6.34. The van der Waals surface area contributed by atoms with E-state index in [-0.39, 0.29) is 30.8 Å². The summed E-state index contributed by atoms with van der Waals surface area (Å²) in [5.41, 5.74) is 3.18. The predicted octanol–water partition coefficient (Wildman–Crippen LogP) is 5.94. The largest absolute Gasteiger partial charge is 0.497 e. The van der Waals surface area contributed by atoms with Gasteiger partial charge in [-0.25, -0.2) is 0 Å². The molecule has 6 rings (SSSR count). The van der Waals surface area contributed by atoms with Crippen molar-refractivity contribution in [3.05, 3.63) is 96.0 Å². The van der Waals surface area contributed by atoms with Crippen molar-refractivity contribution in [2.45, 2.75) is 26.3 Å². The van der Waals surface area contributed by atoms with E-state index in [0.717, 1.165) is 10.9 Å². The molecule has 0 fully saturated rings. The molecule has 1 aliphatic rings. The maximum atomic E-state index is 14.5. The number of nitrogens with zero attached hydrogens (tertiary/aromatic N) is 4. The van der Waals surface area contributed by atoms with Gasteiger partial charge in [0.1, 0.15) is 23.2 Å². The van der Waals surface area contributed by atoms with Crippen molar-refractivity contribution >= 4 is 62.0 Å². The number of rotatable bonds is 8. The highest BCUT2D eigenvalue weighted by Crippen LogP contribution is 2.41. The molecule has 10 heteroatoms. The van der Waals surface area contributed by atoms with E-state index in [1.165, 1.54) is 16.2 Å². The molecule has 3 heterocycles. The number of nitrogens with one attached hydrogen (secondary N) is 1. The van der Waals surface area contributed by atoms with Crippen molar-refractivity contribution in [1.29, 1.82) is 0 Å². The lowest BCUT2D eigenvalue weighted by molar-refractivity contribution is -0.132. The van der Waals surface area contributed by atoms with E-state index in [0.29, 0.717) is 33.5 Å². The highest BCUT2D eigenvalue weighted by molar-refractivity contribution is 7.14. The summed E-state index contributed by atoms with van der Waals surface area (Å²) in [7, 11) is 1.59. The van der Waals surface area contributed by atoms with Crippen LogP contribution >= 0.6 is 11.3 Å². The lowest BCUT2D eigenvalue weighted by Gasteiger charge is -2.31. The summed E-state index contributed by atoms with van der Waals surface area (Å²) in [4.78, 5) is 47.7. The third-order valence-electron chi connectivity index (χ3n) is 7.60. The maximum absolute atomic E-state index is 14.5. The molecule has 9 nitrogen and oxygen atoms in total. The van der Waals surface area contributed by atoms with Crippen LogP contribution in [0.3, 0.4) is 0 Å². The first kappa shape index (κ1) is 28.2. The molecule has 1 N–H and O–H groups in total. The topological polar surface area (TPSA) is 98.8 Å². The molecule has 0 radical (unpaired) electrons. The quantitative estimate of drug-likeness (QED) is 0.225. The highest BCUT2D eigenvalue weighted by Gasteiger charge is 2.42. The molecule has 0 spiro atoms. The van der Waals surface area contributed by atoms with E-state index >= 15 is 0 Å². The summed E-state index contributed by atoms with van der Waals surface area (Å²) < 4.78 is 5.29. The van der Waals surface area contributed by atoms with E-state index in [2.05, 4.69) is 10.2 Å². The van der Waals surface area contributed by atoms with Gasteiger partial charge >= 0.3 is 0 Å². The van der Waals surface area contributed by atoms with Gasteiger partial charge in [0.15, 0.2) is 0 Å². The lowest BCUT2D eigenvalue weighted by Crippen LogP contribution is -2.48. The zero-order valence-electron chi connectivity index (χ0n) is 24.1. The Kier molecular flexibility index (Phi) is 7.69. The van der Waals surface area contributed by atoms with Crippen LogP contribution < -0.4 is 19.4 Å². The number of hydrogen-bond donors (Lipinski definition) is 1. The number of benzene rings is 3. The number of methoxy groups -OCH3 is 1. The highest BCUT2D eigenvalue weighted by atomic mass is 32.1. The minimum Gasteiger partial charge on any atom is -0.497 e. The zero-order chi connectivity index (χ0) is 30.1. The smallest absolute Gasteiger partial charge is 0.247 e. The van der Waals surface area contributed by atoms with E-state index in [1.54, 1.807) is 35.1 Å². The number of carbonyl (C=O) groups is 3. The van der Waals surface area contributed by atoms with Crippen LogP contribution in [0.25, 0.3) is 10.9 Å². The van der Waals surface area contributed by atoms with Gasteiger partial charge in [-0.05, 0) is 73.8 Å². The van der Waals surface area contributed by atoms with E-state index in [9.17, 15) is 14.4 Å². The van der Waals surface area contributed by atoms with Crippen molar-refractivity contribution in [2.75, 3.05) is 28.4 Å². The molecule has 0 bridgehead atoms. The Hall–Kier alpha value is -4.96. The van der Waals surface area contributed by atoms with Crippen LogP contribution in [0.2, 0.25) is 0 Å². The van der Waals surface area contributed by atoms with Gasteiger partial charge in [0.25, 0.3) is 0 Å². The minimum atomic E-state index is -1.10. The molecule has 43 heavy (non-hydrogen) atoms. The maximum Gasteiger partial charge on any atom is 0.247 e. The minimum absolute atomic E-state index is 0.102. The van der Waals surface area contributed by atoms with Crippen LogP contribution in [-0.2, 0) is 20.8 Å². The average Bonchev–Trinajstić information content (AvgIpc) is 3.68. The van der Waals surface area contributed by atoms with Gasteiger partial charge in [-0.3, -0.25) is 24.4 Å². The number of hydrogen-bond acceptors (Lipinski definition) is 6. The summed E-state index contributed by atoms with van der Waals surface area (Å²) in [6, 6.07) is 25.6. The van der Waals surface area contributed by atoms with Crippen molar-refractivity contribution in [2.24, 2.45) is 5.92 Å². The Morgan fingerprint density at radius 2 is 1.67 bits per heavy atom. The van der Waals surface area contributed by atoms with Gasteiger partial charge in [-0.15, -0.1) is 11.3 Å². The first-order valence-electron chi connectivity index (χ1n) is 14.0. The average molecular weight is 594 g/mol. The summed E-state index contributed by atoms with van der Waals surface area (Å²) in [5, 5.41) is 10.9. The zero-order valence-corrected chi connectivity index (χ0v) is 24.9. The van der Waals surface area contributed by atoms with Crippen molar-refractivity contribution in [3.63, 3.8) is 0 Å². The van der Waals surface area contributed by atoms with E-state index in [4.69, 9.17) is 4.74 Å². The molecule has 1 atom stereocenters. The Balaban J connectivity index is 1.43. The molecule has 3 aromatic carbocycles. The van der Waals surface area contributed by atoms with Crippen LogP contribution in [0.15, 0.2) is 90.3 Å². The van der Waals surface area contributed by atoms with Gasteiger partial charge in [-0.1, -0.05) is 30.3 Å². The SMILES string of the molecule is COc1ccc(N(C(=O)CN2C(=O)C(Cc3[nH]nc4ccccc34)C(=O)N(c3cccs3)c3ccccc32)C(C)C)cc1. The monoisotopic (exact) mass is 593 g/mol. The van der Waals surface area contributed by atoms with Crippen LogP contribution in [0.4, 0.5) is 22.1 Å². The first-order chi connectivity index (χ1) is 20.9. The van der Waals surface area contributed by atoms with Crippen LogP contribution in [0, 0.1) is 5.92 Å². The third-order valence-corrected chi connectivity index (χ3v) is 8.45. The summed E-state index contributed by atoms with van der Waals surface area (Å²) in [5.74, 6) is -1.49. The van der Waals surface area contributed by atoms with Crippen LogP contribution in [-0.4, -0.2) is 47.6 Å². The molecular weight excluding hydrogens is 562 g/mol. The summed E-state index contributed by atoms with van der Waals surface area (Å²) >= 11 is 1.41. The second kappa shape index (κ2) is 11.7. The molecule has 3 amide bonds. The first-order valence-corrected chi connectivity index (χ1v) is 14.9. The molecule has 5 aromatic rings. The molecule has 1 aliphatic heterocycles. The van der Waals surface area contributed by atoms with E-state index < -0.39 is 11.8 Å². The fourth-order valence-electron chi connectivity index (χ4n) is 5.59.